The average Bonchev–Trinajstić information content (AvgIpc) is 3.38. The van der Waals surface area contributed by atoms with Gasteiger partial charge < -0.3 is 14.5 Å². The SMILES string of the molecule is Cn1cc(C2(c3cn(C)c4ccccc34)C(=O)Nc3cc(Br)ccc32)c2ccccc21. The van der Waals surface area contributed by atoms with Crippen molar-refractivity contribution in [1.29, 1.82) is 0 Å². The van der Waals surface area contributed by atoms with Gasteiger partial charge in [0.25, 0.3) is 0 Å². The second-order valence-electron chi connectivity index (χ2n) is 8.24. The van der Waals surface area contributed by atoms with Crippen molar-refractivity contribution in [2.75, 3.05) is 5.32 Å². The summed E-state index contributed by atoms with van der Waals surface area (Å²) in [4.78, 5) is 14.0. The molecule has 0 saturated carbocycles. The highest BCUT2D eigenvalue weighted by Gasteiger charge is 2.52. The minimum Gasteiger partial charge on any atom is -0.350 e. The van der Waals surface area contributed by atoms with E-state index in [9.17, 15) is 4.79 Å². The number of carbonyl (C=O) groups excluding carboxylic acids is 1. The molecule has 0 saturated heterocycles. The molecule has 1 aliphatic rings. The van der Waals surface area contributed by atoms with E-state index in [2.05, 4.69) is 73.1 Å². The predicted octanol–water partition coefficient (Wildman–Crippen LogP) is 5.72. The molecule has 0 fully saturated rings. The predicted molar refractivity (Wildman–Crippen MR) is 128 cm³/mol. The van der Waals surface area contributed by atoms with Crippen LogP contribution in [-0.2, 0) is 24.3 Å². The van der Waals surface area contributed by atoms with E-state index < -0.39 is 5.41 Å². The molecule has 6 rings (SSSR count). The summed E-state index contributed by atoms with van der Waals surface area (Å²) in [5.74, 6) is -0.0201. The first-order valence-corrected chi connectivity index (χ1v) is 11.0. The zero-order valence-electron chi connectivity index (χ0n) is 17.2. The maximum absolute atomic E-state index is 14.0. The molecule has 152 valence electrons. The van der Waals surface area contributed by atoms with Crippen LogP contribution >= 0.6 is 15.9 Å². The molecule has 0 atom stereocenters. The number of aromatic nitrogens is 2. The van der Waals surface area contributed by atoms with Crippen LogP contribution in [0.25, 0.3) is 21.8 Å². The number of hydrogen-bond donors (Lipinski definition) is 1. The lowest BCUT2D eigenvalue weighted by atomic mass is 9.70. The Labute approximate surface area is 188 Å². The molecule has 0 unspecified atom stereocenters. The fourth-order valence-electron chi connectivity index (χ4n) is 5.25. The minimum atomic E-state index is -0.947. The standard InChI is InChI=1S/C26H20BrN3O/c1-29-14-20(17-7-3-5-9-23(17)29)26(19-12-11-16(27)13-22(19)28-25(26)31)21-15-30(2)24-10-6-4-8-18(21)24/h3-15H,1-2H3,(H,28,31). The number of carbonyl (C=O) groups is 1. The summed E-state index contributed by atoms with van der Waals surface area (Å²) < 4.78 is 5.17. The molecule has 0 aliphatic carbocycles. The number of aryl methyl sites for hydroxylation is 2. The topological polar surface area (TPSA) is 39.0 Å². The monoisotopic (exact) mass is 469 g/mol. The Kier molecular flexibility index (Phi) is 3.78. The van der Waals surface area contributed by atoms with Crippen molar-refractivity contribution in [2.24, 2.45) is 14.1 Å². The molecule has 1 amide bonds. The summed E-state index contributed by atoms with van der Waals surface area (Å²) in [7, 11) is 4.08. The van der Waals surface area contributed by atoms with Crippen LogP contribution in [0.15, 0.2) is 83.6 Å². The summed E-state index contributed by atoms with van der Waals surface area (Å²) in [6.07, 6.45) is 4.23. The molecule has 5 aromatic rings. The molecule has 0 bridgehead atoms. The molecule has 3 aromatic carbocycles. The van der Waals surface area contributed by atoms with Gasteiger partial charge in [0.1, 0.15) is 5.41 Å². The zero-order valence-corrected chi connectivity index (χ0v) is 18.8. The van der Waals surface area contributed by atoms with E-state index in [0.29, 0.717) is 0 Å². The summed E-state index contributed by atoms with van der Waals surface area (Å²) in [5, 5.41) is 5.36. The van der Waals surface area contributed by atoms with Crippen LogP contribution in [0.1, 0.15) is 16.7 Å². The van der Waals surface area contributed by atoms with E-state index in [1.54, 1.807) is 0 Å². The van der Waals surface area contributed by atoms with Gasteiger partial charge in [0.2, 0.25) is 5.91 Å². The van der Waals surface area contributed by atoms with Crippen molar-refractivity contribution in [3.05, 3.63) is 100 Å². The van der Waals surface area contributed by atoms with Crippen LogP contribution < -0.4 is 5.32 Å². The van der Waals surface area contributed by atoms with Crippen molar-refractivity contribution in [1.82, 2.24) is 9.13 Å². The summed E-state index contributed by atoms with van der Waals surface area (Å²) >= 11 is 3.56. The van der Waals surface area contributed by atoms with E-state index in [1.165, 1.54) is 0 Å². The van der Waals surface area contributed by atoms with Crippen LogP contribution in [0.5, 0.6) is 0 Å². The van der Waals surface area contributed by atoms with Crippen LogP contribution in [0, 0.1) is 0 Å². The van der Waals surface area contributed by atoms with Crippen LogP contribution in [0.3, 0.4) is 0 Å². The molecular formula is C26H20BrN3O. The molecule has 1 N–H and O–H groups in total. The second kappa shape index (κ2) is 6.34. The Morgan fingerprint density at radius 3 is 1.90 bits per heavy atom. The molecule has 4 nitrogen and oxygen atoms in total. The Hall–Kier alpha value is -3.31. The van der Waals surface area contributed by atoms with Gasteiger partial charge in [-0.1, -0.05) is 58.4 Å². The Bertz CT molecular complexity index is 1440. The van der Waals surface area contributed by atoms with Gasteiger partial charge in [0.05, 0.1) is 0 Å². The molecule has 5 heteroatoms. The smallest absolute Gasteiger partial charge is 0.244 e. The normalized spacial score (nSPS) is 14.9. The third-order valence-electron chi connectivity index (χ3n) is 6.58. The van der Waals surface area contributed by atoms with Gasteiger partial charge in [0, 0.05) is 75.1 Å². The lowest BCUT2D eigenvalue weighted by molar-refractivity contribution is -0.118. The maximum atomic E-state index is 14.0. The van der Waals surface area contributed by atoms with Crippen LogP contribution in [-0.4, -0.2) is 15.0 Å². The van der Waals surface area contributed by atoms with Crippen molar-refractivity contribution in [2.45, 2.75) is 5.41 Å². The first kappa shape index (κ1) is 18.5. The fraction of sp³-hybridized carbons (Fsp3) is 0.115. The van der Waals surface area contributed by atoms with E-state index >= 15 is 0 Å². The van der Waals surface area contributed by atoms with Crippen molar-refractivity contribution in [3.63, 3.8) is 0 Å². The minimum absolute atomic E-state index is 0.0201. The Morgan fingerprint density at radius 2 is 1.32 bits per heavy atom. The second-order valence-corrected chi connectivity index (χ2v) is 9.15. The number of nitrogens with zero attached hydrogens (tertiary/aromatic N) is 2. The molecule has 0 radical (unpaired) electrons. The lowest BCUT2D eigenvalue weighted by Crippen LogP contribution is -2.36. The molecule has 1 aliphatic heterocycles. The van der Waals surface area contributed by atoms with Gasteiger partial charge >= 0.3 is 0 Å². The fourth-order valence-corrected chi connectivity index (χ4v) is 5.61. The third kappa shape index (κ3) is 2.32. The van der Waals surface area contributed by atoms with Gasteiger partial charge in [-0.2, -0.15) is 0 Å². The number of para-hydroxylation sites is 2. The van der Waals surface area contributed by atoms with Gasteiger partial charge in [0.15, 0.2) is 0 Å². The number of fused-ring (bicyclic) bond motifs is 3. The highest BCUT2D eigenvalue weighted by molar-refractivity contribution is 9.10. The van der Waals surface area contributed by atoms with Gasteiger partial charge in [-0.25, -0.2) is 0 Å². The van der Waals surface area contributed by atoms with Gasteiger partial charge in [-0.05, 0) is 24.3 Å². The first-order chi connectivity index (χ1) is 15.0. The molecule has 2 aromatic heterocycles. The quantitative estimate of drug-likeness (QED) is 0.352. The first-order valence-electron chi connectivity index (χ1n) is 10.2. The molecule has 31 heavy (non-hydrogen) atoms. The number of benzene rings is 3. The number of nitrogens with one attached hydrogen (secondary N) is 1. The van der Waals surface area contributed by atoms with Gasteiger partial charge in [-0.15, -0.1) is 0 Å². The largest absolute Gasteiger partial charge is 0.350 e. The Morgan fingerprint density at radius 1 is 0.774 bits per heavy atom. The summed E-state index contributed by atoms with van der Waals surface area (Å²) in [5.41, 5.74) is 5.10. The lowest BCUT2D eigenvalue weighted by Gasteiger charge is -2.28. The Balaban J connectivity index is 1.82. The zero-order chi connectivity index (χ0) is 21.3. The molecule has 3 heterocycles. The number of amides is 1. The number of hydrogen-bond acceptors (Lipinski definition) is 1. The van der Waals surface area contributed by atoms with E-state index in [4.69, 9.17) is 0 Å². The third-order valence-corrected chi connectivity index (χ3v) is 7.07. The van der Waals surface area contributed by atoms with Crippen LogP contribution in [0.2, 0.25) is 0 Å². The summed E-state index contributed by atoms with van der Waals surface area (Å²) in [6.45, 7) is 0. The molecule has 0 spiro atoms. The van der Waals surface area contributed by atoms with Crippen LogP contribution in [0.4, 0.5) is 5.69 Å². The number of rotatable bonds is 2. The van der Waals surface area contributed by atoms with E-state index in [0.717, 1.165) is 48.7 Å². The van der Waals surface area contributed by atoms with Crippen molar-refractivity contribution < 1.29 is 4.79 Å². The van der Waals surface area contributed by atoms with Crippen molar-refractivity contribution >= 4 is 49.3 Å². The highest BCUT2D eigenvalue weighted by atomic mass is 79.9. The van der Waals surface area contributed by atoms with E-state index in [1.807, 2.05) is 50.5 Å². The van der Waals surface area contributed by atoms with Crippen molar-refractivity contribution in [3.8, 4) is 0 Å². The number of anilines is 1. The van der Waals surface area contributed by atoms with E-state index in [-0.39, 0.29) is 5.91 Å². The summed E-state index contributed by atoms with van der Waals surface area (Å²) in [6, 6.07) is 22.7. The van der Waals surface area contributed by atoms with Gasteiger partial charge in [-0.3, -0.25) is 4.79 Å². The maximum Gasteiger partial charge on any atom is 0.244 e. The average molecular weight is 470 g/mol. The molecular weight excluding hydrogens is 450 g/mol. The highest BCUT2D eigenvalue weighted by Crippen LogP contribution is 2.52. The number of halogens is 1.